The normalized spacial score (nSPS) is 18.4. The van der Waals surface area contributed by atoms with Gasteiger partial charge in [0.2, 0.25) is 0 Å². The number of halogens is 1. The van der Waals surface area contributed by atoms with Crippen LogP contribution in [0.2, 0.25) is 5.02 Å². The topological polar surface area (TPSA) is 84.9 Å². The summed E-state index contributed by atoms with van der Waals surface area (Å²) in [4.78, 5) is 39.1. The third-order valence-corrected chi connectivity index (χ3v) is 6.13. The van der Waals surface area contributed by atoms with Crippen LogP contribution in [-0.2, 0) is 16.2 Å². The van der Waals surface area contributed by atoms with Crippen molar-refractivity contribution in [2.75, 3.05) is 7.11 Å². The first-order valence-electron chi connectivity index (χ1n) is 10.9. The van der Waals surface area contributed by atoms with Crippen LogP contribution >= 0.6 is 11.6 Å². The van der Waals surface area contributed by atoms with Gasteiger partial charge in [-0.05, 0) is 54.3 Å². The Bertz CT molecular complexity index is 1090. The van der Waals surface area contributed by atoms with E-state index in [0.29, 0.717) is 28.7 Å². The van der Waals surface area contributed by atoms with Gasteiger partial charge in [-0.15, -0.1) is 0 Å². The van der Waals surface area contributed by atoms with Crippen LogP contribution in [0.3, 0.4) is 0 Å². The fourth-order valence-electron chi connectivity index (χ4n) is 4.14. The number of carbonyl (C=O) groups excluding carboxylic acids is 3. The highest BCUT2D eigenvalue weighted by Gasteiger charge is 2.40. The Morgan fingerprint density at radius 3 is 2.45 bits per heavy atom. The van der Waals surface area contributed by atoms with Gasteiger partial charge in [0.15, 0.2) is 11.5 Å². The molecule has 1 N–H and O–H groups in total. The Labute approximate surface area is 197 Å². The lowest BCUT2D eigenvalue weighted by Crippen LogP contribution is -2.58. The van der Waals surface area contributed by atoms with E-state index in [1.807, 2.05) is 12.1 Å². The number of benzene rings is 2. The standard InChI is InChI=1S/C25H25ClN2O5/c1-32-22-14-17(9-12-21(22)33-15-16-7-10-18(26)11-8-16)13-20-23(29)27-25(31)28(24(20)30)19-5-3-2-4-6-19/h7-14,19H,2-6,15H2,1H3,(H,27,29,31)/b20-13+. The molecular formula is C25H25ClN2O5. The molecular weight excluding hydrogens is 444 g/mol. The number of methoxy groups -OCH3 is 1. The number of hydrogen-bond donors (Lipinski definition) is 1. The lowest BCUT2D eigenvalue weighted by molar-refractivity contribution is -0.132. The summed E-state index contributed by atoms with van der Waals surface area (Å²) in [6.45, 7) is 0.327. The summed E-state index contributed by atoms with van der Waals surface area (Å²) in [5.41, 5.74) is 1.46. The Hall–Kier alpha value is -3.32. The van der Waals surface area contributed by atoms with Crippen molar-refractivity contribution in [3.05, 3.63) is 64.2 Å². The maximum Gasteiger partial charge on any atom is 0.331 e. The molecule has 2 fully saturated rings. The predicted molar refractivity (Wildman–Crippen MR) is 124 cm³/mol. The molecule has 0 radical (unpaired) electrons. The zero-order valence-electron chi connectivity index (χ0n) is 18.3. The second-order valence-electron chi connectivity index (χ2n) is 8.11. The van der Waals surface area contributed by atoms with Crippen molar-refractivity contribution >= 4 is 35.5 Å². The number of hydrogen-bond acceptors (Lipinski definition) is 5. The monoisotopic (exact) mass is 468 g/mol. The van der Waals surface area contributed by atoms with Crippen LogP contribution in [0.5, 0.6) is 11.5 Å². The predicted octanol–water partition coefficient (Wildman–Crippen LogP) is 4.72. The van der Waals surface area contributed by atoms with Gasteiger partial charge in [0.1, 0.15) is 12.2 Å². The number of urea groups is 1. The second-order valence-corrected chi connectivity index (χ2v) is 8.55. The molecule has 0 aromatic heterocycles. The highest BCUT2D eigenvalue weighted by Crippen LogP contribution is 2.31. The van der Waals surface area contributed by atoms with Crippen LogP contribution in [0, 0.1) is 0 Å². The van der Waals surface area contributed by atoms with Gasteiger partial charge in [-0.1, -0.05) is 49.1 Å². The number of ether oxygens (including phenoxy) is 2. The molecule has 0 bridgehead atoms. The van der Waals surface area contributed by atoms with Crippen molar-refractivity contribution in [1.82, 2.24) is 10.2 Å². The van der Waals surface area contributed by atoms with Gasteiger partial charge >= 0.3 is 6.03 Å². The first-order valence-corrected chi connectivity index (χ1v) is 11.3. The van der Waals surface area contributed by atoms with E-state index in [0.717, 1.165) is 37.7 Å². The summed E-state index contributed by atoms with van der Waals surface area (Å²) < 4.78 is 11.3. The second kappa shape index (κ2) is 10.1. The molecule has 4 amide bonds. The average molecular weight is 469 g/mol. The minimum absolute atomic E-state index is 0.0722. The van der Waals surface area contributed by atoms with Crippen molar-refractivity contribution in [3.63, 3.8) is 0 Å². The molecule has 0 spiro atoms. The molecule has 0 atom stereocenters. The third-order valence-electron chi connectivity index (χ3n) is 5.88. The Morgan fingerprint density at radius 1 is 1.03 bits per heavy atom. The zero-order chi connectivity index (χ0) is 23.4. The third kappa shape index (κ3) is 5.20. The van der Waals surface area contributed by atoms with Crippen molar-refractivity contribution in [3.8, 4) is 11.5 Å². The van der Waals surface area contributed by atoms with Gasteiger partial charge in [-0.2, -0.15) is 0 Å². The highest BCUT2D eigenvalue weighted by molar-refractivity contribution is 6.31. The summed E-state index contributed by atoms with van der Waals surface area (Å²) in [7, 11) is 1.52. The SMILES string of the molecule is COc1cc(/C=C2\C(=O)NC(=O)N(C3CCCCC3)C2=O)ccc1OCc1ccc(Cl)cc1. The van der Waals surface area contributed by atoms with E-state index in [2.05, 4.69) is 5.32 Å². The lowest BCUT2D eigenvalue weighted by atomic mass is 9.93. The van der Waals surface area contributed by atoms with E-state index in [-0.39, 0.29) is 11.6 Å². The average Bonchev–Trinajstić information content (AvgIpc) is 2.82. The van der Waals surface area contributed by atoms with E-state index in [1.54, 1.807) is 30.3 Å². The maximum atomic E-state index is 13.1. The summed E-state index contributed by atoms with van der Waals surface area (Å²) in [5, 5.41) is 2.96. The van der Waals surface area contributed by atoms with Gasteiger partial charge in [0, 0.05) is 11.1 Å². The van der Waals surface area contributed by atoms with Gasteiger partial charge in [0.25, 0.3) is 11.8 Å². The maximum absolute atomic E-state index is 13.1. The van der Waals surface area contributed by atoms with Gasteiger partial charge in [-0.25, -0.2) is 4.79 Å². The molecule has 2 aromatic rings. The van der Waals surface area contributed by atoms with Crippen molar-refractivity contribution in [2.45, 2.75) is 44.8 Å². The minimum atomic E-state index is -0.695. The smallest absolute Gasteiger partial charge is 0.331 e. The van der Waals surface area contributed by atoms with Crippen LogP contribution in [-0.4, -0.2) is 35.9 Å². The summed E-state index contributed by atoms with van der Waals surface area (Å²) in [6.07, 6.45) is 6.01. The first kappa shape index (κ1) is 22.9. The largest absolute Gasteiger partial charge is 0.493 e. The summed E-state index contributed by atoms with van der Waals surface area (Å²) in [5.74, 6) is -0.271. The van der Waals surface area contributed by atoms with Gasteiger partial charge in [0.05, 0.1) is 7.11 Å². The Morgan fingerprint density at radius 2 is 1.76 bits per heavy atom. The summed E-state index contributed by atoms with van der Waals surface area (Å²) >= 11 is 5.92. The zero-order valence-corrected chi connectivity index (χ0v) is 19.1. The van der Waals surface area contributed by atoms with Crippen LogP contribution in [0.4, 0.5) is 4.79 Å². The van der Waals surface area contributed by atoms with Crippen molar-refractivity contribution in [1.29, 1.82) is 0 Å². The van der Waals surface area contributed by atoms with Crippen LogP contribution in [0.15, 0.2) is 48.0 Å². The Kier molecular flexibility index (Phi) is 6.99. The molecule has 1 saturated carbocycles. The fraction of sp³-hybridized carbons (Fsp3) is 0.320. The van der Waals surface area contributed by atoms with E-state index in [9.17, 15) is 14.4 Å². The first-order chi connectivity index (χ1) is 16.0. The molecule has 0 unspecified atom stereocenters. The van der Waals surface area contributed by atoms with E-state index in [1.165, 1.54) is 18.1 Å². The van der Waals surface area contributed by atoms with Crippen LogP contribution in [0.25, 0.3) is 6.08 Å². The molecule has 172 valence electrons. The molecule has 33 heavy (non-hydrogen) atoms. The number of nitrogens with one attached hydrogen (secondary N) is 1. The fourth-order valence-corrected chi connectivity index (χ4v) is 4.27. The van der Waals surface area contributed by atoms with Gasteiger partial charge < -0.3 is 9.47 Å². The number of nitrogens with zero attached hydrogens (tertiary/aromatic N) is 1. The highest BCUT2D eigenvalue weighted by atomic mass is 35.5. The Balaban J connectivity index is 1.54. The number of carbonyl (C=O) groups is 3. The van der Waals surface area contributed by atoms with Crippen molar-refractivity contribution in [2.24, 2.45) is 0 Å². The molecule has 7 nitrogen and oxygen atoms in total. The van der Waals surface area contributed by atoms with Crippen LogP contribution in [0.1, 0.15) is 43.2 Å². The van der Waals surface area contributed by atoms with E-state index < -0.39 is 17.8 Å². The molecule has 1 heterocycles. The number of amides is 4. The number of rotatable bonds is 6. The molecule has 8 heteroatoms. The molecule has 1 aliphatic heterocycles. The number of imide groups is 2. The minimum Gasteiger partial charge on any atom is -0.493 e. The molecule has 1 aliphatic carbocycles. The molecule has 2 aromatic carbocycles. The van der Waals surface area contributed by atoms with E-state index >= 15 is 0 Å². The lowest BCUT2D eigenvalue weighted by Gasteiger charge is -2.35. The molecule has 1 saturated heterocycles. The summed E-state index contributed by atoms with van der Waals surface area (Å²) in [6, 6.07) is 11.6. The van der Waals surface area contributed by atoms with Crippen molar-refractivity contribution < 1.29 is 23.9 Å². The van der Waals surface area contributed by atoms with Crippen LogP contribution < -0.4 is 14.8 Å². The van der Waals surface area contributed by atoms with E-state index in [4.69, 9.17) is 21.1 Å². The quantitative estimate of drug-likeness (QED) is 0.489. The molecule has 2 aliphatic rings. The molecule has 4 rings (SSSR count). The van der Waals surface area contributed by atoms with Gasteiger partial charge in [-0.3, -0.25) is 19.8 Å². The number of barbiturate groups is 1.